The molecule has 0 bridgehead atoms. The average molecular weight is 422 g/mol. The van der Waals surface area contributed by atoms with Crippen LogP contribution in [0.15, 0.2) is 21.5 Å². The van der Waals surface area contributed by atoms with Gasteiger partial charge >= 0.3 is 10.2 Å². The fraction of sp³-hybridized carbons (Fsp3) is 0.667. The zero-order valence-electron chi connectivity index (χ0n) is 15.4. The fourth-order valence-corrected chi connectivity index (χ4v) is 4.36. The lowest BCUT2D eigenvalue weighted by Gasteiger charge is -2.13. The van der Waals surface area contributed by atoms with Gasteiger partial charge in [-0.15, -0.1) is 4.41 Å². The standard InChI is InChI=1S/C15H27N5O3S3/c1-19(2)10-13-4-5-14(23-13)12-25-9-7-17-20-11-15(16-6-8-24-3)18-26(20,21)22/h4-5,17H,6-12H2,1-3H3,(H,16,18). The van der Waals surface area contributed by atoms with Crippen molar-refractivity contribution in [1.82, 2.24) is 19.5 Å². The largest absolute Gasteiger partial charge is 0.464 e. The first-order chi connectivity index (χ1) is 12.4. The van der Waals surface area contributed by atoms with E-state index < -0.39 is 10.2 Å². The Hall–Kier alpha value is -0.720. The Kier molecular flexibility index (Phi) is 8.77. The van der Waals surface area contributed by atoms with Gasteiger partial charge < -0.3 is 9.32 Å². The summed E-state index contributed by atoms with van der Waals surface area (Å²) in [5.41, 5.74) is 2.95. The molecule has 8 nitrogen and oxygen atoms in total. The molecule has 0 saturated carbocycles. The molecule has 1 aliphatic rings. The molecule has 148 valence electrons. The molecular formula is C15H27N5O3S3. The van der Waals surface area contributed by atoms with Crippen LogP contribution >= 0.6 is 23.5 Å². The summed E-state index contributed by atoms with van der Waals surface area (Å²) in [6.45, 7) is 2.19. The molecule has 26 heavy (non-hydrogen) atoms. The molecule has 2 N–H and O–H groups in total. The topological polar surface area (TPSA) is 90.2 Å². The molecule has 0 unspecified atom stereocenters. The van der Waals surface area contributed by atoms with Gasteiger partial charge in [0.25, 0.3) is 0 Å². The Bertz CT molecular complexity index is 690. The summed E-state index contributed by atoms with van der Waals surface area (Å²) in [6, 6.07) is 3.99. The van der Waals surface area contributed by atoms with E-state index in [4.69, 9.17) is 4.42 Å². The zero-order chi connectivity index (χ0) is 19.0. The summed E-state index contributed by atoms with van der Waals surface area (Å²) in [4.78, 5) is 6.33. The van der Waals surface area contributed by atoms with Gasteiger partial charge in [-0.1, -0.05) is 0 Å². The van der Waals surface area contributed by atoms with Gasteiger partial charge in [-0.3, -0.25) is 9.71 Å². The first-order valence-electron chi connectivity index (χ1n) is 8.27. The van der Waals surface area contributed by atoms with E-state index in [9.17, 15) is 8.42 Å². The highest BCUT2D eigenvalue weighted by Crippen LogP contribution is 2.16. The number of hydrogen-bond acceptors (Lipinski definition) is 8. The van der Waals surface area contributed by atoms with Crippen molar-refractivity contribution in [2.45, 2.75) is 12.3 Å². The van der Waals surface area contributed by atoms with Crippen LogP contribution in [0.25, 0.3) is 0 Å². The monoisotopic (exact) mass is 421 g/mol. The molecule has 2 rings (SSSR count). The van der Waals surface area contributed by atoms with Crippen molar-refractivity contribution >= 4 is 39.6 Å². The number of furan rings is 1. The average Bonchev–Trinajstić information content (AvgIpc) is 3.10. The quantitative estimate of drug-likeness (QED) is 0.515. The Morgan fingerprint density at radius 3 is 2.85 bits per heavy atom. The van der Waals surface area contributed by atoms with E-state index in [1.54, 1.807) is 23.5 Å². The predicted octanol–water partition coefficient (Wildman–Crippen LogP) is 0.991. The third kappa shape index (κ3) is 7.12. The second kappa shape index (κ2) is 10.6. The molecule has 0 atom stereocenters. The number of amidine groups is 1. The zero-order valence-corrected chi connectivity index (χ0v) is 17.8. The minimum absolute atomic E-state index is 0.244. The normalized spacial score (nSPS) is 18.7. The minimum atomic E-state index is -3.52. The molecular weight excluding hydrogens is 394 g/mol. The number of hydrazine groups is 1. The first kappa shape index (κ1) is 21.6. The number of rotatable bonds is 11. The highest BCUT2D eigenvalue weighted by Gasteiger charge is 2.31. The van der Waals surface area contributed by atoms with Crippen molar-refractivity contribution in [1.29, 1.82) is 0 Å². The van der Waals surface area contributed by atoms with Gasteiger partial charge in [0, 0.05) is 18.1 Å². The molecule has 1 aliphatic heterocycles. The molecule has 1 fully saturated rings. The van der Waals surface area contributed by atoms with Crippen LogP contribution in [0.3, 0.4) is 0 Å². The van der Waals surface area contributed by atoms with Crippen LogP contribution in [0, 0.1) is 0 Å². The van der Waals surface area contributed by atoms with E-state index in [0.29, 0.717) is 18.9 Å². The van der Waals surface area contributed by atoms with E-state index in [1.165, 1.54) is 4.41 Å². The second-order valence-electron chi connectivity index (χ2n) is 6.00. The molecule has 11 heteroatoms. The first-order valence-corrected chi connectivity index (χ1v) is 12.3. The molecule has 0 aromatic carbocycles. The van der Waals surface area contributed by atoms with Gasteiger partial charge in [-0.25, -0.2) is 5.43 Å². The molecule has 1 aromatic rings. The lowest BCUT2D eigenvalue weighted by atomic mass is 10.4. The highest BCUT2D eigenvalue weighted by molar-refractivity contribution is 7.98. The number of hydrogen-bond donors (Lipinski definition) is 2. The van der Waals surface area contributed by atoms with E-state index in [1.807, 2.05) is 32.5 Å². The summed E-state index contributed by atoms with van der Waals surface area (Å²) < 4.78 is 33.5. The predicted molar refractivity (Wildman–Crippen MR) is 110 cm³/mol. The Morgan fingerprint density at radius 2 is 2.12 bits per heavy atom. The van der Waals surface area contributed by atoms with Crippen molar-refractivity contribution in [2.24, 2.45) is 4.99 Å². The molecule has 2 heterocycles. The van der Waals surface area contributed by atoms with Crippen molar-refractivity contribution in [3.8, 4) is 0 Å². The number of nitrogens with zero attached hydrogens (tertiary/aromatic N) is 3. The van der Waals surface area contributed by atoms with Gasteiger partial charge in [0.05, 0.1) is 25.4 Å². The second-order valence-corrected chi connectivity index (χ2v) is 9.69. The van der Waals surface area contributed by atoms with Gasteiger partial charge in [0.2, 0.25) is 0 Å². The third-order valence-corrected chi connectivity index (χ3v) is 6.30. The number of aliphatic imine (C=N–C) groups is 1. The number of thioether (sulfide) groups is 2. The smallest absolute Gasteiger partial charge is 0.315 e. The van der Waals surface area contributed by atoms with Crippen LogP contribution in [0.4, 0.5) is 0 Å². The van der Waals surface area contributed by atoms with Gasteiger partial charge in [0.1, 0.15) is 17.4 Å². The van der Waals surface area contributed by atoms with Gasteiger partial charge in [-0.2, -0.15) is 31.9 Å². The lowest BCUT2D eigenvalue weighted by molar-refractivity contribution is 0.344. The highest BCUT2D eigenvalue weighted by atomic mass is 32.2. The third-order valence-electron chi connectivity index (χ3n) is 3.40. The van der Waals surface area contributed by atoms with Crippen molar-refractivity contribution < 1.29 is 12.8 Å². The van der Waals surface area contributed by atoms with E-state index in [0.717, 1.165) is 35.3 Å². The molecule has 1 aromatic heterocycles. The Balaban J connectivity index is 1.67. The number of nitrogens with one attached hydrogen (secondary N) is 2. The van der Waals surface area contributed by atoms with Gasteiger partial charge in [0.15, 0.2) is 0 Å². The Morgan fingerprint density at radius 1 is 1.35 bits per heavy atom. The summed E-state index contributed by atoms with van der Waals surface area (Å²) >= 11 is 3.38. The molecule has 0 amide bonds. The van der Waals surface area contributed by atoms with E-state index in [2.05, 4.69) is 20.0 Å². The SMILES string of the molecule is CSCCN=C1CN(NCCSCc2ccc(CN(C)C)o2)S(=O)(=O)N1. The Labute approximate surface area is 164 Å². The summed E-state index contributed by atoms with van der Waals surface area (Å²) in [5.74, 6) is 4.79. The van der Waals surface area contributed by atoms with Gasteiger partial charge in [-0.05, 0) is 32.5 Å². The maximum absolute atomic E-state index is 12.0. The van der Waals surface area contributed by atoms with Crippen molar-refractivity contribution in [3.05, 3.63) is 23.7 Å². The van der Waals surface area contributed by atoms with Crippen LogP contribution < -0.4 is 10.1 Å². The summed E-state index contributed by atoms with van der Waals surface area (Å²) in [7, 11) is 0.487. The maximum atomic E-state index is 12.0. The fourth-order valence-electron chi connectivity index (χ4n) is 2.26. The van der Waals surface area contributed by atoms with Crippen LogP contribution in [0.1, 0.15) is 11.5 Å². The van der Waals surface area contributed by atoms with Crippen LogP contribution in [0.2, 0.25) is 0 Å². The van der Waals surface area contributed by atoms with Crippen LogP contribution in [0.5, 0.6) is 0 Å². The lowest BCUT2D eigenvalue weighted by Crippen LogP contribution is -2.42. The van der Waals surface area contributed by atoms with E-state index in [-0.39, 0.29) is 6.54 Å². The van der Waals surface area contributed by atoms with Crippen LogP contribution in [-0.4, -0.2) is 75.1 Å². The summed E-state index contributed by atoms with van der Waals surface area (Å²) in [6.07, 6.45) is 2.00. The molecule has 0 spiro atoms. The molecule has 0 aliphatic carbocycles. The van der Waals surface area contributed by atoms with E-state index >= 15 is 0 Å². The molecule has 1 saturated heterocycles. The minimum Gasteiger partial charge on any atom is -0.464 e. The molecule has 0 radical (unpaired) electrons. The maximum Gasteiger partial charge on any atom is 0.315 e. The van der Waals surface area contributed by atoms with Crippen molar-refractivity contribution in [2.75, 3.05) is 51.5 Å². The van der Waals surface area contributed by atoms with Crippen LogP contribution in [-0.2, 0) is 22.5 Å². The van der Waals surface area contributed by atoms with Crippen molar-refractivity contribution in [3.63, 3.8) is 0 Å². The summed E-state index contributed by atoms with van der Waals surface area (Å²) in [5, 5.41) is 0.